The fraction of sp³-hybridized carbons (Fsp3) is 0.524. The molecule has 7 heteroatoms. The smallest absolute Gasteiger partial charge is 0.243 e. The summed E-state index contributed by atoms with van der Waals surface area (Å²) >= 11 is 0. The summed E-state index contributed by atoms with van der Waals surface area (Å²) in [7, 11) is 0. The van der Waals surface area contributed by atoms with Crippen molar-refractivity contribution in [2.75, 3.05) is 0 Å². The van der Waals surface area contributed by atoms with Gasteiger partial charge in [0.05, 0.1) is 6.04 Å². The van der Waals surface area contributed by atoms with E-state index in [9.17, 15) is 19.2 Å². The molecule has 1 rings (SSSR count). The predicted molar refractivity (Wildman–Crippen MR) is 108 cm³/mol. The number of ketones is 1. The van der Waals surface area contributed by atoms with Gasteiger partial charge in [-0.25, -0.2) is 0 Å². The quantitative estimate of drug-likeness (QED) is 0.592. The second-order valence-corrected chi connectivity index (χ2v) is 7.51. The lowest BCUT2D eigenvalue weighted by molar-refractivity contribution is -0.133. The molecule has 0 aliphatic heterocycles. The van der Waals surface area contributed by atoms with E-state index in [-0.39, 0.29) is 17.6 Å². The Morgan fingerprint density at radius 2 is 1.43 bits per heavy atom. The van der Waals surface area contributed by atoms with E-state index in [0.29, 0.717) is 6.42 Å². The first-order valence-corrected chi connectivity index (χ1v) is 9.45. The summed E-state index contributed by atoms with van der Waals surface area (Å²) in [4.78, 5) is 48.3. The number of hydrogen-bond acceptors (Lipinski definition) is 4. The van der Waals surface area contributed by atoms with Crippen molar-refractivity contribution in [3.8, 4) is 0 Å². The second kappa shape index (κ2) is 10.6. The van der Waals surface area contributed by atoms with E-state index in [1.165, 1.54) is 13.8 Å². The minimum Gasteiger partial charge on any atom is -0.345 e. The molecule has 7 nitrogen and oxygen atoms in total. The molecule has 0 heterocycles. The molecule has 0 saturated carbocycles. The van der Waals surface area contributed by atoms with E-state index in [1.54, 1.807) is 20.8 Å². The van der Waals surface area contributed by atoms with Gasteiger partial charge in [-0.05, 0) is 32.3 Å². The van der Waals surface area contributed by atoms with Crippen molar-refractivity contribution in [3.05, 3.63) is 35.4 Å². The van der Waals surface area contributed by atoms with Crippen molar-refractivity contribution in [2.24, 2.45) is 5.92 Å². The Hall–Kier alpha value is -2.70. The summed E-state index contributed by atoms with van der Waals surface area (Å²) < 4.78 is 0. The van der Waals surface area contributed by atoms with Crippen LogP contribution in [-0.4, -0.2) is 41.6 Å². The van der Waals surface area contributed by atoms with E-state index < -0.39 is 29.9 Å². The van der Waals surface area contributed by atoms with E-state index in [4.69, 9.17) is 0 Å². The Kier molecular flexibility index (Phi) is 8.82. The van der Waals surface area contributed by atoms with Gasteiger partial charge in [0.15, 0.2) is 5.78 Å². The molecule has 0 aromatic heterocycles. The zero-order chi connectivity index (χ0) is 21.4. The van der Waals surface area contributed by atoms with E-state index in [1.807, 2.05) is 31.2 Å². The third-order valence-corrected chi connectivity index (χ3v) is 4.47. The van der Waals surface area contributed by atoms with Crippen molar-refractivity contribution < 1.29 is 19.2 Å². The maximum Gasteiger partial charge on any atom is 0.243 e. The van der Waals surface area contributed by atoms with Gasteiger partial charge in [-0.2, -0.15) is 0 Å². The van der Waals surface area contributed by atoms with Crippen LogP contribution in [0.1, 0.15) is 45.7 Å². The van der Waals surface area contributed by atoms with Crippen LogP contribution < -0.4 is 16.0 Å². The van der Waals surface area contributed by atoms with Crippen LogP contribution in [0.3, 0.4) is 0 Å². The summed E-state index contributed by atoms with van der Waals surface area (Å²) in [6.45, 7) is 9.90. The molecular formula is C21H31N3O4. The van der Waals surface area contributed by atoms with Crippen molar-refractivity contribution in [1.82, 2.24) is 16.0 Å². The number of rotatable bonds is 9. The highest BCUT2D eigenvalue weighted by atomic mass is 16.2. The predicted octanol–water partition coefficient (Wildman–Crippen LogP) is 1.28. The fourth-order valence-corrected chi connectivity index (χ4v) is 2.61. The summed E-state index contributed by atoms with van der Waals surface area (Å²) in [6, 6.07) is 5.42. The molecule has 1 aromatic carbocycles. The molecule has 0 aliphatic carbocycles. The topological polar surface area (TPSA) is 104 Å². The van der Waals surface area contributed by atoms with Crippen molar-refractivity contribution in [3.63, 3.8) is 0 Å². The number of aryl methyl sites for hydroxylation is 1. The lowest BCUT2D eigenvalue weighted by atomic mass is 10.00. The summed E-state index contributed by atoms with van der Waals surface area (Å²) in [6.07, 6.45) is 0.308. The molecule has 0 fully saturated rings. The van der Waals surface area contributed by atoms with Gasteiger partial charge in [0.2, 0.25) is 17.7 Å². The monoisotopic (exact) mass is 389 g/mol. The number of carbonyl (C=O) groups is 4. The minimum atomic E-state index is -0.816. The van der Waals surface area contributed by atoms with Gasteiger partial charge in [-0.15, -0.1) is 0 Å². The molecule has 0 unspecified atom stereocenters. The molecule has 154 valence electrons. The highest BCUT2D eigenvalue weighted by molar-refractivity contribution is 5.94. The zero-order valence-electron chi connectivity index (χ0n) is 17.5. The number of carbonyl (C=O) groups excluding carboxylic acids is 4. The van der Waals surface area contributed by atoms with Crippen LogP contribution in [0.2, 0.25) is 0 Å². The van der Waals surface area contributed by atoms with Gasteiger partial charge in [0.1, 0.15) is 12.1 Å². The molecule has 0 radical (unpaired) electrons. The zero-order valence-corrected chi connectivity index (χ0v) is 17.5. The summed E-state index contributed by atoms with van der Waals surface area (Å²) in [5.74, 6) is -1.57. The fourth-order valence-electron chi connectivity index (χ4n) is 2.61. The maximum atomic E-state index is 12.8. The minimum absolute atomic E-state index is 0.169. The Morgan fingerprint density at radius 3 is 1.89 bits per heavy atom. The number of amides is 3. The molecule has 3 amide bonds. The maximum absolute atomic E-state index is 12.8. The van der Waals surface area contributed by atoms with Crippen LogP contribution >= 0.6 is 0 Å². The number of Topliss-reactive ketones (excluding diaryl/α,β-unsaturated/α-hetero) is 1. The first-order valence-electron chi connectivity index (χ1n) is 9.45. The third-order valence-electron chi connectivity index (χ3n) is 4.47. The lowest BCUT2D eigenvalue weighted by Crippen LogP contribution is -2.57. The third kappa shape index (κ3) is 7.50. The SMILES string of the molecule is CC(=O)N[C@@H](Cc1ccc(C)cc1)C(=O)N[C@@H](C(=O)N[C@@H](C)C(C)=O)C(C)C. The second-order valence-electron chi connectivity index (χ2n) is 7.51. The van der Waals surface area contributed by atoms with Crippen molar-refractivity contribution in [1.29, 1.82) is 0 Å². The average molecular weight is 389 g/mol. The van der Waals surface area contributed by atoms with Gasteiger partial charge < -0.3 is 16.0 Å². The molecule has 3 atom stereocenters. The normalized spacial score (nSPS) is 14.0. The first-order chi connectivity index (χ1) is 13.0. The largest absolute Gasteiger partial charge is 0.345 e. The molecule has 3 N–H and O–H groups in total. The van der Waals surface area contributed by atoms with Crippen LogP contribution in [0.15, 0.2) is 24.3 Å². The molecule has 0 aliphatic rings. The molecular weight excluding hydrogens is 358 g/mol. The Morgan fingerprint density at radius 1 is 0.857 bits per heavy atom. The van der Waals surface area contributed by atoms with E-state index in [2.05, 4.69) is 16.0 Å². The average Bonchev–Trinajstić information content (AvgIpc) is 2.59. The number of benzene rings is 1. The highest BCUT2D eigenvalue weighted by Gasteiger charge is 2.29. The molecule has 0 bridgehead atoms. The lowest BCUT2D eigenvalue weighted by Gasteiger charge is -2.26. The molecule has 0 spiro atoms. The van der Waals surface area contributed by atoms with E-state index >= 15 is 0 Å². The number of nitrogens with one attached hydrogen (secondary N) is 3. The van der Waals surface area contributed by atoms with Crippen molar-refractivity contribution >= 4 is 23.5 Å². The first kappa shape index (κ1) is 23.3. The Balaban J connectivity index is 2.92. The summed E-state index contributed by atoms with van der Waals surface area (Å²) in [5.41, 5.74) is 2.00. The molecule has 0 saturated heterocycles. The number of hydrogen-bond donors (Lipinski definition) is 3. The van der Waals surface area contributed by atoms with Crippen LogP contribution in [0.5, 0.6) is 0 Å². The van der Waals surface area contributed by atoms with Crippen LogP contribution in [0.25, 0.3) is 0 Å². The highest BCUT2D eigenvalue weighted by Crippen LogP contribution is 2.08. The molecule has 1 aromatic rings. The van der Waals surface area contributed by atoms with Gasteiger partial charge in [-0.3, -0.25) is 19.2 Å². The van der Waals surface area contributed by atoms with Gasteiger partial charge in [0.25, 0.3) is 0 Å². The molecule has 28 heavy (non-hydrogen) atoms. The van der Waals surface area contributed by atoms with Crippen molar-refractivity contribution in [2.45, 2.75) is 66.1 Å². The standard InChI is InChI=1S/C21H31N3O4/c1-12(2)19(21(28)22-14(4)15(5)25)24-20(27)18(23-16(6)26)11-17-9-7-13(3)8-10-17/h7-10,12,14,18-19H,11H2,1-6H3,(H,22,28)(H,23,26)(H,24,27)/t14-,18-,19+/m0/s1. The van der Waals surface area contributed by atoms with E-state index in [0.717, 1.165) is 11.1 Å². The Labute approximate surface area is 166 Å². The van der Waals surface area contributed by atoms with Gasteiger partial charge in [-0.1, -0.05) is 43.7 Å². The Bertz CT molecular complexity index is 713. The van der Waals surface area contributed by atoms with Gasteiger partial charge in [0, 0.05) is 13.3 Å². The van der Waals surface area contributed by atoms with Crippen LogP contribution in [0.4, 0.5) is 0 Å². The summed E-state index contributed by atoms with van der Waals surface area (Å²) in [5, 5.41) is 7.98. The van der Waals surface area contributed by atoms with Crippen LogP contribution in [-0.2, 0) is 25.6 Å². The van der Waals surface area contributed by atoms with Gasteiger partial charge >= 0.3 is 0 Å². The van der Waals surface area contributed by atoms with Crippen LogP contribution in [0, 0.1) is 12.8 Å².